The molecule has 0 radical (unpaired) electrons. The Morgan fingerprint density at radius 3 is 2.32 bits per heavy atom. The van der Waals surface area contributed by atoms with Gasteiger partial charge >= 0.3 is 0 Å². The minimum Gasteiger partial charge on any atom is -0.223 e. The van der Waals surface area contributed by atoms with E-state index in [1.807, 2.05) is 0 Å². The molecule has 1 saturated heterocycles. The van der Waals surface area contributed by atoms with E-state index < -0.39 is 25.1 Å². The van der Waals surface area contributed by atoms with Gasteiger partial charge in [-0.25, -0.2) is 16.8 Å². The molecule has 1 atom stereocenters. The zero-order chi connectivity index (χ0) is 18.2. The van der Waals surface area contributed by atoms with Crippen LogP contribution in [-0.4, -0.2) is 39.5 Å². The summed E-state index contributed by atoms with van der Waals surface area (Å²) < 4.78 is 52.2. The van der Waals surface area contributed by atoms with Gasteiger partial charge in [0, 0.05) is 18.1 Å². The van der Waals surface area contributed by atoms with Gasteiger partial charge in [-0.3, -0.25) is 0 Å². The number of rotatable bonds is 4. The fourth-order valence-corrected chi connectivity index (χ4v) is 6.43. The van der Waals surface area contributed by atoms with Crippen molar-refractivity contribution < 1.29 is 16.8 Å². The van der Waals surface area contributed by atoms with E-state index >= 15 is 0 Å². The summed E-state index contributed by atoms with van der Waals surface area (Å²) in [4.78, 5) is 0.304. The van der Waals surface area contributed by atoms with Crippen LogP contribution in [0.2, 0.25) is 5.02 Å². The summed E-state index contributed by atoms with van der Waals surface area (Å²) in [7, 11) is -7.33. The van der Waals surface area contributed by atoms with Crippen LogP contribution in [0.5, 0.6) is 0 Å². The lowest BCUT2D eigenvalue weighted by atomic mass is 10.2. The van der Waals surface area contributed by atoms with E-state index in [-0.39, 0.29) is 29.3 Å². The molecule has 0 spiro atoms. The Morgan fingerprint density at radius 2 is 1.68 bits per heavy atom. The fourth-order valence-electron chi connectivity index (χ4n) is 2.85. The number of aryl methyl sites for hydroxylation is 1. The molecule has 0 aliphatic carbocycles. The molecule has 1 fully saturated rings. The lowest BCUT2D eigenvalue weighted by molar-refractivity contribution is 0.476. The molecule has 134 valence electrons. The predicted octanol–water partition coefficient (Wildman–Crippen LogP) is 2.89. The molecule has 0 N–H and O–H groups in total. The largest absolute Gasteiger partial charge is 0.243 e. The highest BCUT2D eigenvalue weighted by Crippen LogP contribution is 2.29. The number of hydrogen-bond donors (Lipinski definition) is 0. The highest BCUT2D eigenvalue weighted by molar-refractivity contribution is 7.92. The number of hydrogen-bond acceptors (Lipinski definition) is 4. The third-order valence-electron chi connectivity index (χ3n) is 4.40. The van der Waals surface area contributed by atoms with Gasteiger partial charge in [0.25, 0.3) is 0 Å². The Morgan fingerprint density at radius 1 is 1.00 bits per heavy atom. The van der Waals surface area contributed by atoms with E-state index in [4.69, 9.17) is 11.6 Å². The minimum absolute atomic E-state index is 0.0505. The molecule has 1 aliphatic heterocycles. The molecule has 0 amide bonds. The molecule has 0 aromatic heterocycles. The lowest BCUT2D eigenvalue weighted by Crippen LogP contribution is -2.32. The Bertz CT molecular complexity index is 989. The van der Waals surface area contributed by atoms with Gasteiger partial charge in [0.05, 0.1) is 15.0 Å². The maximum Gasteiger partial charge on any atom is 0.243 e. The molecular formula is C17H18ClNO4S2. The maximum atomic E-state index is 12.8. The van der Waals surface area contributed by atoms with Gasteiger partial charge in [-0.15, -0.1) is 0 Å². The van der Waals surface area contributed by atoms with Crippen molar-refractivity contribution in [3.05, 3.63) is 59.1 Å². The van der Waals surface area contributed by atoms with E-state index in [0.29, 0.717) is 5.02 Å². The number of sulfone groups is 1. The maximum absolute atomic E-state index is 12.8. The van der Waals surface area contributed by atoms with Crippen molar-refractivity contribution >= 4 is 31.5 Å². The zero-order valence-electron chi connectivity index (χ0n) is 13.6. The number of sulfonamides is 1. The smallest absolute Gasteiger partial charge is 0.223 e. The average Bonchev–Trinajstić information content (AvgIpc) is 3.10. The van der Waals surface area contributed by atoms with Crippen molar-refractivity contribution in [1.82, 2.24) is 4.31 Å². The van der Waals surface area contributed by atoms with Gasteiger partial charge in [0.1, 0.15) is 0 Å². The Hall–Kier alpha value is -1.41. The van der Waals surface area contributed by atoms with Gasteiger partial charge in [0.2, 0.25) is 10.0 Å². The molecule has 25 heavy (non-hydrogen) atoms. The molecule has 3 rings (SSSR count). The molecule has 0 saturated carbocycles. The van der Waals surface area contributed by atoms with E-state index in [0.717, 1.165) is 5.56 Å². The number of benzene rings is 2. The number of nitrogens with zero attached hydrogens (tertiary/aromatic N) is 1. The van der Waals surface area contributed by atoms with Crippen LogP contribution in [0.1, 0.15) is 12.0 Å². The first-order chi connectivity index (χ1) is 11.7. The average molecular weight is 400 g/mol. The summed E-state index contributed by atoms with van der Waals surface area (Å²) in [6.07, 6.45) is 0.274. The first kappa shape index (κ1) is 18.4. The molecule has 1 aliphatic rings. The molecule has 8 heteroatoms. The van der Waals surface area contributed by atoms with Gasteiger partial charge in [0.15, 0.2) is 9.84 Å². The summed E-state index contributed by atoms with van der Waals surface area (Å²) in [6.45, 7) is 1.91. The second-order valence-electron chi connectivity index (χ2n) is 6.04. The van der Waals surface area contributed by atoms with Crippen LogP contribution in [0.15, 0.2) is 58.3 Å². The first-order valence-electron chi connectivity index (χ1n) is 7.78. The van der Waals surface area contributed by atoms with Crippen molar-refractivity contribution in [3.63, 3.8) is 0 Å². The van der Waals surface area contributed by atoms with Crippen molar-refractivity contribution in [2.75, 3.05) is 13.1 Å². The molecule has 0 bridgehead atoms. The topological polar surface area (TPSA) is 71.5 Å². The van der Waals surface area contributed by atoms with Gasteiger partial charge in [-0.1, -0.05) is 35.9 Å². The first-order valence-corrected chi connectivity index (χ1v) is 11.1. The van der Waals surface area contributed by atoms with Crippen LogP contribution in [-0.2, 0) is 19.9 Å². The molecule has 1 heterocycles. The molecule has 1 unspecified atom stereocenters. The van der Waals surface area contributed by atoms with Crippen LogP contribution in [0.4, 0.5) is 0 Å². The van der Waals surface area contributed by atoms with E-state index in [1.165, 1.54) is 28.6 Å². The summed E-state index contributed by atoms with van der Waals surface area (Å²) in [5.74, 6) is 0. The van der Waals surface area contributed by atoms with Crippen LogP contribution >= 0.6 is 11.6 Å². The third kappa shape index (κ3) is 3.46. The van der Waals surface area contributed by atoms with Crippen molar-refractivity contribution in [2.24, 2.45) is 0 Å². The monoisotopic (exact) mass is 399 g/mol. The van der Waals surface area contributed by atoms with Crippen molar-refractivity contribution in [3.8, 4) is 0 Å². The van der Waals surface area contributed by atoms with Gasteiger partial charge in [-0.05, 0) is 43.2 Å². The SMILES string of the molecule is Cc1ccc(S(=O)(=O)N2CCC(S(=O)(=O)c3ccccc3)C2)cc1Cl. The van der Waals surface area contributed by atoms with Crippen LogP contribution in [0, 0.1) is 6.92 Å². The quantitative estimate of drug-likeness (QED) is 0.792. The van der Waals surface area contributed by atoms with E-state index in [2.05, 4.69) is 0 Å². The Labute approximate surface area is 153 Å². The van der Waals surface area contributed by atoms with E-state index in [1.54, 1.807) is 31.2 Å². The highest BCUT2D eigenvalue weighted by atomic mass is 35.5. The summed E-state index contributed by atoms with van der Waals surface area (Å²) in [5.41, 5.74) is 0.784. The van der Waals surface area contributed by atoms with Crippen molar-refractivity contribution in [1.29, 1.82) is 0 Å². The van der Waals surface area contributed by atoms with E-state index in [9.17, 15) is 16.8 Å². The predicted molar refractivity (Wildman–Crippen MR) is 97.0 cm³/mol. The molecule has 5 nitrogen and oxygen atoms in total. The third-order valence-corrected chi connectivity index (χ3v) is 8.86. The fraction of sp³-hybridized carbons (Fsp3) is 0.294. The van der Waals surface area contributed by atoms with Crippen molar-refractivity contribution in [2.45, 2.75) is 28.4 Å². The summed E-state index contributed by atoms with van der Waals surface area (Å²) >= 11 is 6.03. The van der Waals surface area contributed by atoms with Crippen LogP contribution < -0.4 is 0 Å². The second kappa shape index (κ2) is 6.72. The number of halogens is 1. The Balaban J connectivity index is 1.86. The molecular weight excluding hydrogens is 382 g/mol. The standard InChI is InChI=1S/C17H18ClNO4S2/c1-13-7-8-15(11-17(13)18)25(22,23)19-10-9-16(12-19)24(20,21)14-5-3-2-4-6-14/h2-8,11,16H,9-10,12H2,1H3. The zero-order valence-corrected chi connectivity index (χ0v) is 16.0. The molecule has 2 aromatic carbocycles. The highest BCUT2D eigenvalue weighted by Gasteiger charge is 2.39. The van der Waals surface area contributed by atoms with Crippen LogP contribution in [0.25, 0.3) is 0 Å². The molecule has 2 aromatic rings. The van der Waals surface area contributed by atoms with Gasteiger partial charge < -0.3 is 0 Å². The normalized spacial score (nSPS) is 19.2. The Kier molecular flexibility index (Phi) is 4.94. The summed E-state index contributed by atoms with van der Waals surface area (Å²) in [6, 6.07) is 12.7. The lowest BCUT2D eigenvalue weighted by Gasteiger charge is -2.17. The minimum atomic E-state index is -3.77. The second-order valence-corrected chi connectivity index (χ2v) is 10.6. The summed E-state index contributed by atoms with van der Waals surface area (Å²) in [5, 5.41) is -0.376. The van der Waals surface area contributed by atoms with Gasteiger partial charge in [-0.2, -0.15) is 4.31 Å². The van der Waals surface area contributed by atoms with Crippen LogP contribution in [0.3, 0.4) is 0 Å².